The molecule has 0 heterocycles. The second-order valence-electron chi connectivity index (χ2n) is 11.6. The number of halogens is 3. The van der Waals surface area contributed by atoms with Crippen LogP contribution in [-0.4, -0.2) is 44.5 Å². The van der Waals surface area contributed by atoms with Gasteiger partial charge in [0.15, 0.2) is 6.10 Å². The number of rotatable bonds is 18. The fourth-order valence-corrected chi connectivity index (χ4v) is 5.49. The summed E-state index contributed by atoms with van der Waals surface area (Å²) in [5.74, 6) is -0.209. The summed E-state index contributed by atoms with van der Waals surface area (Å²) >= 11 is 0. The van der Waals surface area contributed by atoms with E-state index in [1.807, 2.05) is 12.1 Å². The van der Waals surface area contributed by atoms with Gasteiger partial charge in [0.05, 0.1) is 24.7 Å². The van der Waals surface area contributed by atoms with Gasteiger partial charge in [0, 0.05) is 13.5 Å². The average molecular weight is 621 g/mol. The van der Waals surface area contributed by atoms with E-state index in [-0.39, 0.29) is 29.8 Å². The van der Waals surface area contributed by atoms with Crippen molar-refractivity contribution in [3.05, 3.63) is 59.7 Å². The molecule has 244 valence electrons. The molecular weight excluding hydrogens is 573 g/mol. The number of carbonyl (C=O) groups is 2. The molecule has 0 bridgehead atoms. The van der Waals surface area contributed by atoms with Crippen LogP contribution >= 0.6 is 0 Å². The van der Waals surface area contributed by atoms with Gasteiger partial charge < -0.3 is 18.9 Å². The van der Waals surface area contributed by atoms with Crippen LogP contribution < -0.4 is 9.47 Å². The van der Waals surface area contributed by atoms with Crippen molar-refractivity contribution in [2.24, 2.45) is 5.92 Å². The van der Waals surface area contributed by atoms with Crippen molar-refractivity contribution >= 4 is 11.9 Å². The molecule has 2 aromatic rings. The first-order valence-corrected chi connectivity index (χ1v) is 16.0. The maximum atomic E-state index is 13.1. The molecule has 0 amide bonds. The highest BCUT2D eigenvalue weighted by molar-refractivity contribution is 5.89. The molecule has 1 fully saturated rings. The zero-order valence-electron chi connectivity index (χ0n) is 26.0. The fourth-order valence-electron chi connectivity index (χ4n) is 5.49. The van der Waals surface area contributed by atoms with E-state index in [0.717, 1.165) is 31.6 Å². The maximum Gasteiger partial charge on any atom is 0.425 e. The van der Waals surface area contributed by atoms with E-state index in [2.05, 4.69) is 28.5 Å². The van der Waals surface area contributed by atoms with Crippen LogP contribution in [0.2, 0.25) is 0 Å². The lowest BCUT2D eigenvalue weighted by atomic mass is 9.79. The van der Waals surface area contributed by atoms with Crippen molar-refractivity contribution in [1.82, 2.24) is 0 Å². The van der Waals surface area contributed by atoms with Crippen LogP contribution in [0.15, 0.2) is 48.5 Å². The van der Waals surface area contributed by atoms with Gasteiger partial charge in [0.2, 0.25) is 0 Å². The van der Waals surface area contributed by atoms with E-state index < -0.39 is 24.7 Å². The van der Waals surface area contributed by atoms with E-state index in [4.69, 9.17) is 9.47 Å². The van der Waals surface area contributed by atoms with Crippen molar-refractivity contribution in [2.75, 3.05) is 20.3 Å². The second kappa shape index (κ2) is 18.7. The zero-order valence-corrected chi connectivity index (χ0v) is 26.0. The van der Waals surface area contributed by atoms with Gasteiger partial charge in [-0.2, -0.15) is 13.2 Å². The number of hydrogen-bond donors (Lipinski definition) is 0. The molecule has 0 aliphatic heterocycles. The Hall–Kier alpha value is -3.07. The van der Waals surface area contributed by atoms with Crippen LogP contribution in [0.4, 0.5) is 13.2 Å². The van der Waals surface area contributed by atoms with Crippen LogP contribution in [-0.2, 0) is 14.3 Å². The summed E-state index contributed by atoms with van der Waals surface area (Å²) in [6.45, 7) is 2.78. The highest BCUT2D eigenvalue weighted by atomic mass is 19.4. The van der Waals surface area contributed by atoms with E-state index in [0.29, 0.717) is 18.8 Å². The molecule has 3 rings (SSSR count). The Balaban J connectivity index is 1.37. The monoisotopic (exact) mass is 620 g/mol. The van der Waals surface area contributed by atoms with Crippen LogP contribution in [0.3, 0.4) is 0 Å². The largest absolute Gasteiger partial charge is 0.494 e. The Kier molecular flexibility index (Phi) is 15.0. The fraction of sp³-hybridized carbons (Fsp3) is 0.600. The van der Waals surface area contributed by atoms with Gasteiger partial charge in [-0.15, -0.1) is 0 Å². The normalized spacial score (nSPS) is 17.6. The molecule has 44 heavy (non-hydrogen) atoms. The smallest absolute Gasteiger partial charge is 0.425 e. The lowest BCUT2D eigenvalue weighted by Gasteiger charge is -2.27. The summed E-state index contributed by atoms with van der Waals surface area (Å²) in [6, 6.07) is 13.6. The number of ether oxygens (including phenoxy) is 4. The van der Waals surface area contributed by atoms with E-state index in [9.17, 15) is 22.8 Å². The minimum absolute atomic E-state index is 0.0680. The SMILES string of the molecule is CCCCCCCCCCOc1ccc(C2CCC(C(=O)Oc3ccc(C(=O)O[C@H](CCOC)C(F)(F)F)cc3)CC2)cc1. The van der Waals surface area contributed by atoms with Crippen molar-refractivity contribution in [1.29, 1.82) is 0 Å². The third-order valence-electron chi connectivity index (χ3n) is 8.19. The molecule has 1 saturated carbocycles. The highest BCUT2D eigenvalue weighted by Gasteiger charge is 2.42. The second-order valence-corrected chi connectivity index (χ2v) is 11.6. The Labute approximate surface area is 259 Å². The maximum absolute atomic E-state index is 13.1. The number of esters is 2. The summed E-state index contributed by atoms with van der Waals surface area (Å²) in [6.07, 6.45) is 5.83. The van der Waals surface area contributed by atoms with E-state index in [1.165, 1.54) is 81.9 Å². The number of carbonyl (C=O) groups excluding carboxylic acids is 2. The van der Waals surface area contributed by atoms with Crippen LogP contribution in [0.1, 0.15) is 112 Å². The quantitative estimate of drug-likeness (QED) is 0.0940. The first-order chi connectivity index (χ1) is 21.2. The van der Waals surface area contributed by atoms with Crippen LogP contribution in [0.25, 0.3) is 0 Å². The predicted octanol–water partition coefficient (Wildman–Crippen LogP) is 9.21. The molecule has 0 radical (unpaired) electrons. The molecule has 6 nitrogen and oxygen atoms in total. The van der Waals surface area contributed by atoms with Gasteiger partial charge in [0.25, 0.3) is 0 Å². The molecule has 0 unspecified atom stereocenters. The Morgan fingerprint density at radius 1 is 0.795 bits per heavy atom. The molecular formula is C35H47F3O6. The van der Waals surface area contributed by atoms with Gasteiger partial charge >= 0.3 is 18.1 Å². The van der Waals surface area contributed by atoms with E-state index in [1.54, 1.807) is 0 Å². The van der Waals surface area contributed by atoms with Gasteiger partial charge in [-0.05, 0) is 80.0 Å². The Morgan fingerprint density at radius 2 is 1.39 bits per heavy atom. The van der Waals surface area contributed by atoms with Crippen molar-refractivity contribution in [3.8, 4) is 11.5 Å². The summed E-state index contributed by atoms with van der Waals surface area (Å²) in [7, 11) is 1.27. The van der Waals surface area contributed by atoms with Crippen molar-refractivity contribution in [2.45, 2.75) is 109 Å². The molecule has 0 N–H and O–H groups in total. The molecule has 1 atom stereocenters. The van der Waals surface area contributed by atoms with Gasteiger partial charge in [-0.1, -0.05) is 64.0 Å². The molecule has 1 aliphatic rings. The minimum Gasteiger partial charge on any atom is -0.494 e. The molecule has 2 aromatic carbocycles. The predicted molar refractivity (Wildman–Crippen MR) is 163 cm³/mol. The number of hydrogen-bond acceptors (Lipinski definition) is 6. The summed E-state index contributed by atoms with van der Waals surface area (Å²) < 4.78 is 60.2. The number of methoxy groups -OCH3 is 1. The molecule has 0 spiro atoms. The minimum atomic E-state index is -4.70. The summed E-state index contributed by atoms with van der Waals surface area (Å²) in [5.41, 5.74) is 1.18. The van der Waals surface area contributed by atoms with E-state index >= 15 is 0 Å². The molecule has 9 heteroatoms. The van der Waals surface area contributed by atoms with Gasteiger partial charge in [-0.3, -0.25) is 4.79 Å². The third kappa shape index (κ3) is 12.1. The number of benzene rings is 2. The zero-order chi connectivity index (χ0) is 31.8. The first-order valence-electron chi connectivity index (χ1n) is 16.0. The lowest BCUT2D eigenvalue weighted by molar-refractivity contribution is -0.208. The standard InChI is InChI=1S/C35H47F3O6/c1-3-4-5-6-7-8-9-10-24-42-30-19-15-27(16-20-30)26-11-13-28(14-12-26)33(39)43-31-21-17-29(18-22-31)34(40)44-32(23-25-41-2)35(36,37)38/h15-22,26,28,32H,3-14,23-25H2,1-2H3/t26?,28?,32-/m1/s1. The summed E-state index contributed by atoms with van der Waals surface area (Å²) in [5, 5.41) is 0. The summed E-state index contributed by atoms with van der Waals surface area (Å²) in [4.78, 5) is 25.0. The highest BCUT2D eigenvalue weighted by Crippen LogP contribution is 2.37. The topological polar surface area (TPSA) is 71.1 Å². The van der Waals surface area contributed by atoms with Gasteiger partial charge in [0.1, 0.15) is 11.5 Å². The van der Waals surface area contributed by atoms with Crippen LogP contribution in [0.5, 0.6) is 11.5 Å². The number of unbranched alkanes of at least 4 members (excludes halogenated alkanes) is 7. The van der Waals surface area contributed by atoms with Crippen molar-refractivity contribution in [3.63, 3.8) is 0 Å². The first kappa shape index (κ1) is 35.4. The molecule has 0 saturated heterocycles. The van der Waals surface area contributed by atoms with Crippen molar-refractivity contribution < 1.29 is 41.7 Å². The van der Waals surface area contributed by atoms with Crippen LogP contribution in [0, 0.1) is 5.92 Å². The molecule has 0 aromatic heterocycles. The Morgan fingerprint density at radius 3 is 1.98 bits per heavy atom. The average Bonchev–Trinajstić information content (AvgIpc) is 3.02. The third-order valence-corrected chi connectivity index (χ3v) is 8.19. The lowest BCUT2D eigenvalue weighted by Crippen LogP contribution is -2.34. The van der Waals surface area contributed by atoms with Gasteiger partial charge in [-0.25, -0.2) is 4.79 Å². The number of alkyl halides is 3. The molecule has 1 aliphatic carbocycles. The Bertz CT molecular complexity index is 1110.